The summed E-state index contributed by atoms with van der Waals surface area (Å²) in [4.78, 5) is 0. The molecule has 1 N–H and O–H groups in total. The van der Waals surface area contributed by atoms with E-state index < -0.39 is 5.60 Å². The molecule has 1 aromatic carbocycles. The summed E-state index contributed by atoms with van der Waals surface area (Å²) < 4.78 is 0. The molecule has 1 aliphatic carbocycles. The highest BCUT2D eigenvalue weighted by atomic mass is 16.3. The van der Waals surface area contributed by atoms with E-state index in [2.05, 4.69) is 24.8 Å². The third-order valence-electron chi connectivity index (χ3n) is 3.38. The predicted octanol–water partition coefficient (Wildman–Crippen LogP) is 2.90. The molecule has 1 nitrogen and oxygen atoms in total. The van der Waals surface area contributed by atoms with Gasteiger partial charge in [-0.2, -0.15) is 0 Å². The van der Waals surface area contributed by atoms with Crippen molar-refractivity contribution in [2.24, 2.45) is 5.92 Å². The molecule has 0 radical (unpaired) electrons. The highest BCUT2D eigenvalue weighted by molar-refractivity contribution is 5.38. The average molecular weight is 214 g/mol. The summed E-state index contributed by atoms with van der Waals surface area (Å²) in [7, 11) is 0. The molecule has 0 spiro atoms. The lowest BCUT2D eigenvalue weighted by Gasteiger charge is -2.35. The van der Waals surface area contributed by atoms with Crippen molar-refractivity contribution in [3.8, 4) is 11.8 Å². The number of hydrogen-bond donors (Lipinski definition) is 1. The zero-order valence-corrected chi connectivity index (χ0v) is 9.96. The van der Waals surface area contributed by atoms with Crippen molar-refractivity contribution in [3.05, 3.63) is 35.4 Å². The van der Waals surface area contributed by atoms with Crippen LogP contribution in [-0.2, 0) is 0 Å². The SMILES string of the molecule is Cc1cccc(C#CC(C)(O)C2CCC2)c1. The van der Waals surface area contributed by atoms with Crippen LogP contribution in [0.2, 0.25) is 0 Å². The van der Waals surface area contributed by atoms with E-state index >= 15 is 0 Å². The lowest BCUT2D eigenvalue weighted by Crippen LogP contribution is -2.37. The van der Waals surface area contributed by atoms with Crippen molar-refractivity contribution < 1.29 is 5.11 Å². The third-order valence-corrected chi connectivity index (χ3v) is 3.38. The van der Waals surface area contributed by atoms with Crippen LogP contribution in [-0.4, -0.2) is 10.7 Å². The minimum absolute atomic E-state index is 0.366. The largest absolute Gasteiger partial charge is 0.378 e. The van der Waals surface area contributed by atoms with Crippen LogP contribution in [0.3, 0.4) is 0 Å². The molecule has 1 fully saturated rings. The fraction of sp³-hybridized carbons (Fsp3) is 0.467. The highest BCUT2D eigenvalue weighted by Crippen LogP contribution is 2.35. The van der Waals surface area contributed by atoms with Crippen LogP contribution < -0.4 is 0 Å². The van der Waals surface area contributed by atoms with Crippen LogP contribution in [0.15, 0.2) is 24.3 Å². The Labute approximate surface area is 97.5 Å². The number of aliphatic hydroxyl groups is 1. The van der Waals surface area contributed by atoms with E-state index in [1.54, 1.807) is 0 Å². The third kappa shape index (κ3) is 2.46. The first kappa shape index (κ1) is 11.2. The molecule has 1 unspecified atom stereocenters. The molecule has 0 aromatic heterocycles. The van der Waals surface area contributed by atoms with Gasteiger partial charge in [0.25, 0.3) is 0 Å². The van der Waals surface area contributed by atoms with Crippen molar-refractivity contribution in [3.63, 3.8) is 0 Å². The normalized spacial score (nSPS) is 19.2. The maximum absolute atomic E-state index is 10.2. The van der Waals surface area contributed by atoms with E-state index in [1.807, 2.05) is 25.1 Å². The molecule has 1 aromatic rings. The summed E-state index contributed by atoms with van der Waals surface area (Å²) in [6.07, 6.45) is 3.44. The Bertz CT molecular complexity index is 430. The van der Waals surface area contributed by atoms with Crippen molar-refractivity contribution >= 4 is 0 Å². The highest BCUT2D eigenvalue weighted by Gasteiger charge is 2.34. The van der Waals surface area contributed by atoms with Gasteiger partial charge in [-0.25, -0.2) is 0 Å². The summed E-state index contributed by atoms with van der Waals surface area (Å²) >= 11 is 0. The molecule has 1 aliphatic rings. The van der Waals surface area contributed by atoms with Crippen molar-refractivity contribution in [2.75, 3.05) is 0 Å². The molecule has 1 heteroatoms. The first-order valence-corrected chi connectivity index (χ1v) is 5.90. The van der Waals surface area contributed by atoms with Gasteiger partial charge in [0.2, 0.25) is 0 Å². The van der Waals surface area contributed by atoms with E-state index in [4.69, 9.17) is 0 Å². The number of rotatable bonds is 1. The predicted molar refractivity (Wildman–Crippen MR) is 66.0 cm³/mol. The van der Waals surface area contributed by atoms with Gasteiger partial charge in [-0.05, 0) is 50.3 Å². The van der Waals surface area contributed by atoms with E-state index in [0.29, 0.717) is 5.92 Å². The van der Waals surface area contributed by atoms with Gasteiger partial charge in [0.05, 0.1) is 0 Å². The summed E-state index contributed by atoms with van der Waals surface area (Å²) in [5, 5.41) is 10.2. The van der Waals surface area contributed by atoms with E-state index in [-0.39, 0.29) is 0 Å². The topological polar surface area (TPSA) is 20.2 Å². The Kier molecular flexibility index (Phi) is 3.03. The number of benzene rings is 1. The summed E-state index contributed by atoms with van der Waals surface area (Å²) in [5.74, 6) is 6.45. The van der Waals surface area contributed by atoms with Crippen molar-refractivity contribution in [2.45, 2.75) is 38.7 Å². The fourth-order valence-electron chi connectivity index (χ4n) is 1.99. The zero-order chi connectivity index (χ0) is 11.6. The average Bonchev–Trinajstić information content (AvgIpc) is 2.11. The lowest BCUT2D eigenvalue weighted by molar-refractivity contribution is 0.0163. The molecule has 0 bridgehead atoms. The standard InChI is InChI=1S/C15H18O/c1-12-5-3-6-13(11-12)9-10-15(2,16)14-7-4-8-14/h3,5-6,11,14,16H,4,7-8H2,1-2H3. The van der Waals surface area contributed by atoms with Gasteiger partial charge in [0.15, 0.2) is 0 Å². The van der Waals surface area contributed by atoms with Gasteiger partial charge in [0, 0.05) is 5.56 Å². The quantitative estimate of drug-likeness (QED) is 0.713. The Morgan fingerprint density at radius 2 is 2.12 bits per heavy atom. The first-order valence-electron chi connectivity index (χ1n) is 5.90. The molecule has 84 valence electrons. The van der Waals surface area contributed by atoms with E-state index in [9.17, 15) is 5.11 Å². The van der Waals surface area contributed by atoms with Gasteiger partial charge < -0.3 is 5.11 Å². The zero-order valence-electron chi connectivity index (χ0n) is 9.96. The maximum Gasteiger partial charge on any atom is 0.125 e. The van der Waals surface area contributed by atoms with Crippen LogP contribution in [0.1, 0.15) is 37.3 Å². The minimum Gasteiger partial charge on any atom is -0.378 e. The van der Waals surface area contributed by atoms with E-state index in [1.165, 1.54) is 12.0 Å². The smallest absolute Gasteiger partial charge is 0.125 e. The Morgan fingerprint density at radius 1 is 1.38 bits per heavy atom. The van der Waals surface area contributed by atoms with Gasteiger partial charge >= 0.3 is 0 Å². The fourth-order valence-corrected chi connectivity index (χ4v) is 1.99. The second-order valence-electron chi connectivity index (χ2n) is 4.89. The van der Waals surface area contributed by atoms with Crippen LogP contribution >= 0.6 is 0 Å². The summed E-state index contributed by atoms with van der Waals surface area (Å²) in [6, 6.07) is 8.08. The van der Waals surface area contributed by atoms with Crippen LogP contribution in [0.25, 0.3) is 0 Å². The van der Waals surface area contributed by atoms with Gasteiger partial charge in [-0.3, -0.25) is 0 Å². The molecule has 0 aliphatic heterocycles. The number of hydrogen-bond acceptors (Lipinski definition) is 1. The van der Waals surface area contributed by atoms with Gasteiger partial charge in [-0.1, -0.05) is 30.4 Å². The second kappa shape index (κ2) is 4.31. The Morgan fingerprint density at radius 3 is 2.69 bits per heavy atom. The van der Waals surface area contributed by atoms with Crippen LogP contribution in [0.5, 0.6) is 0 Å². The maximum atomic E-state index is 10.2. The monoisotopic (exact) mass is 214 g/mol. The molecule has 1 saturated carbocycles. The van der Waals surface area contributed by atoms with Crippen molar-refractivity contribution in [1.29, 1.82) is 0 Å². The molecule has 2 rings (SSSR count). The first-order chi connectivity index (χ1) is 7.58. The molecular weight excluding hydrogens is 196 g/mol. The number of aryl methyl sites for hydroxylation is 1. The van der Waals surface area contributed by atoms with E-state index in [0.717, 1.165) is 18.4 Å². The van der Waals surface area contributed by atoms with Crippen molar-refractivity contribution in [1.82, 2.24) is 0 Å². The lowest BCUT2D eigenvalue weighted by atomic mass is 9.74. The van der Waals surface area contributed by atoms with Crippen LogP contribution in [0, 0.1) is 24.7 Å². The summed E-state index contributed by atoms with van der Waals surface area (Å²) in [6.45, 7) is 3.88. The molecule has 16 heavy (non-hydrogen) atoms. The van der Waals surface area contributed by atoms with Crippen LogP contribution in [0.4, 0.5) is 0 Å². The molecule has 0 heterocycles. The molecule has 0 amide bonds. The Hall–Kier alpha value is -1.26. The molecule has 1 atom stereocenters. The molecule has 0 saturated heterocycles. The Balaban J connectivity index is 2.14. The second-order valence-corrected chi connectivity index (χ2v) is 4.89. The minimum atomic E-state index is -0.817. The summed E-state index contributed by atoms with van der Waals surface area (Å²) in [5.41, 5.74) is 1.37. The van der Waals surface area contributed by atoms with Gasteiger partial charge in [0.1, 0.15) is 5.60 Å². The van der Waals surface area contributed by atoms with Gasteiger partial charge in [-0.15, -0.1) is 0 Å². The molecular formula is C15H18O.